The number of fused-ring (bicyclic) bond motifs is 1. The van der Waals surface area contributed by atoms with Crippen LogP contribution in [0.3, 0.4) is 0 Å². The Hall–Kier alpha value is -2.61. The zero-order valence-electron chi connectivity index (χ0n) is 15.7. The van der Waals surface area contributed by atoms with Crippen molar-refractivity contribution in [2.75, 3.05) is 34.2 Å². The van der Waals surface area contributed by atoms with Gasteiger partial charge in [-0.3, -0.25) is 15.1 Å². The minimum atomic E-state index is -0.503. The third kappa shape index (κ3) is 3.65. The molecule has 0 spiro atoms. The summed E-state index contributed by atoms with van der Waals surface area (Å²) in [5, 5.41) is 5.69. The molecular formula is C18H26N6O2. The van der Waals surface area contributed by atoms with Crippen LogP contribution in [0.25, 0.3) is 0 Å². The monoisotopic (exact) mass is 358 g/mol. The van der Waals surface area contributed by atoms with Crippen molar-refractivity contribution in [3.8, 4) is 0 Å². The lowest BCUT2D eigenvalue weighted by molar-refractivity contribution is -0.127. The summed E-state index contributed by atoms with van der Waals surface area (Å²) in [7, 11) is 5.67. The second kappa shape index (κ2) is 7.33. The summed E-state index contributed by atoms with van der Waals surface area (Å²) in [5.41, 5.74) is 2.26. The number of nitrogens with one attached hydrogen (secondary N) is 2. The van der Waals surface area contributed by atoms with Gasteiger partial charge < -0.3 is 20.0 Å². The van der Waals surface area contributed by atoms with E-state index in [1.54, 1.807) is 7.05 Å². The molecule has 0 radical (unpaired) electrons. The van der Waals surface area contributed by atoms with Crippen molar-refractivity contribution in [2.24, 2.45) is 4.99 Å². The van der Waals surface area contributed by atoms with Crippen molar-refractivity contribution >= 4 is 17.9 Å². The van der Waals surface area contributed by atoms with Crippen LogP contribution in [-0.4, -0.2) is 79.0 Å². The predicted molar refractivity (Wildman–Crippen MR) is 99.6 cm³/mol. The van der Waals surface area contributed by atoms with Gasteiger partial charge >= 0.3 is 6.03 Å². The minimum absolute atomic E-state index is 0.295. The van der Waals surface area contributed by atoms with Gasteiger partial charge in [0.2, 0.25) is 0 Å². The highest BCUT2D eigenvalue weighted by Crippen LogP contribution is 2.23. The van der Waals surface area contributed by atoms with Gasteiger partial charge in [-0.2, -0.15) is 0 Å². The number of aryl methyl sites for hydroxylation is 1. The van der Waals surface area contributed by atoms with Crippen LogP contribution in [0.2, 0.25) is 0 Å². The summed E-state index contributed by atoms with van der Waals surface area (Å²) in [6, 6.07) is 7.28. The Morgan fingerprint density at radius 2 is 2.04 bits per heavy atom. The highest BCUT2D eigenvalue weighted by atomic mass is 16.2. The topological polar surface area (TPSA) is 80.3 Å². The maximum absolute atomic E-state index is 12.5. The van der Waals surface area contributed by atoms with Crippen molar-refractivity contribution in [1.29, 1.82) is 0 Å². The second-order valence-corrected chi connectivity index (χ2v) is 7.06. The molecule has 0 bridgehead atoms. The van der Waals surface area contributed by atoms with Crippen LogP contribution in [0.15, 0.2) is 29.3 Å². The third-order valence-electron chi connectivity index (χ3n) is 4.66. The van der Waals surface area contributed by atoms with Gasteiger partial charge in [-0.1, -0.05) is 29.8 Å². The molecule has 26 heavy (non-hydrogen) atoms. The molecule has 2 unspecified atom stereocenters. The van der Waals surface area contributed by atoms with E-state index in [1.807, 2.05) is 44.1 Å². The highest BCUT2D eigenvalue weighted by Gasteiger charge is 2.49. The molecule has 0 aromatic heterocycles. The van der Waals surface area contributed by atoms with Crippen LogP contribution in [0.4, 0.5) is 4.79 Å². The van der Waals surface area contributed by atoms with E-state index in [9.17, 15) is 9.59 Å². The number of imide groups is 1. The van der Waals surface area contributed by atoms with Crippen molar-refractivity contribution in [3.63, 3.8) is 0 Å². The van der Waals surface area contributed by atoms with Crippen molar-refractivity contribution < 1.29 is 9.59 Å². The van der Waals surface area contributed by atoms with Crippen LogP contribution < -0.4 is 10.6 Å². The Labute approximate surface area is 153 Å². The number of hydrogen-bond acceptors (Lipinski definition) is 4. The summed E-state index contributed by atoms with van der Waals surface area (Å²) in [6.45, 7) is 4.00. The van der Waals surface area contributed by atoms with Crippen LogP contribution in [-0.2, 0) is 11.3 Å². The predicted octanol–water partition coefficient (Wildman–Crippen LogP) is 0.194. The van der Waals surface area contributed by atoms with Gasteiger partial charge in [0.1, 0.15) is 6.17 Å². The number of aliphatic imine (C=N–C) groups is 1. The first-order valence-corrected chi connectivity index (χ1v) is 8.72. The van der Waals surface area contributed by atoms with Gasteiger partial charge in [0.05, 0.1) is 6.54 Å². The van der Waals surface area contributed by atoms with Gasteiger partial charge in [-0.25, -0.2) is 4.79 Å². The van der Waals surface area contributed by atoms with Gasteiger partial charge in [0.15, 0.2) is 12.0 Å². The first kappa shape index (κ1) is 18.2. The Morgan fingerprint density at radius 1 is 1.27 bits per heavy atom. The SMILES string of the molecule is Cc1cccc(CN2C(=NCCN(C)C)NC3C2C(=O)NC(=O)N3C)c1. The molecule has 3 amide bonds. The highest BCUT2D eigenvalue weighted by molar-refractivity contribution is 6.04. The minimum Gasteiger partial charge on any atom is -0.333 e. The zero-order valence-corrected chi connectivity index (χ0v) is 15.7. The Kier molecular flexibility index (Phi) is 5.13. The summed E-state index contributed by atoms with van der Waals surface area (Å²) < 4.78 is 0. The lowest BCUT2D eigenvalue weighted by Gasteiger charge is -2.35. The maximum Gasteiger partial charge on any atom is 0.325 e. The van der Waals surface area contributed by atoms with E-state index in [0.29, 0.717) is 19.0 Å². The molecule has 2 atom stereocenters. The lowest BCUT2D eigenvalue weighted by atomic mass is 10.1. The van der Waals surface area contributed by atoms with E-state index in [4.69, 9.17) is 0 Å². The zero-order chi connectivity index (χ0) is 18.8. The Bertz CT molecular complexity index is 732. The molecule has 140 valence electrons. The molecule has 0 aliphatic carbocycles. The van der Waals surface area contributed by atoms with Crippen LogP contribution in [0.1, 0.15) is 11.1 Å². The molecule has 1 aromatic carbocycles. The molecule has 2 N–H and O–H groups in total. The Balaban J connectivity index is 1.89. The van der Waals surface area contributed by atoms with Gasteiger partial charge in [0, 0.05) is 20.1 Å². The quantitative estimate of drug-likeness (QED) is 0.786. The van der Waals surface area contributed by atoms with E-state index >= 15 is 0 Å². The standard InChI is InChI=1S/C18H26N6O2/c1-12-6-5-7-13(10-12)11-24-14-15(23(4)18(26)21-16(14)25)20-17(24)19-8-9-22(2)3/h5-7,10,14-15H,8-9,11H2,1-4H3,(H,19,20)(H,21,25,26). The lowest BCUT2D eigenvalue weighted by Crippen LogP contribution is -2.64. The molecule has 2 saturated heterocycles. The van der Waals surface area contributed by atoms with Crippen molar-refractivity contribution in [1.82, 2.24) is 25.3 Å². The van der Waals surface area contributed by atoms with Crippen molar-refractivity contribution in [3.05, 3.63) is 35.4 Å². The number of amides is 3. The largest absolute Gasteiger partial charge is 0.333 e. The molecule has 2 fully saturated rings. The second-order valence-electron chi connectivity index (χ2n) is 7.06. The molecule has 2 aliphatic rings. The van der Waals surface area contributed by atoms with E-state index < -0.39 is 18.2 Å². The van der Waals surface area contributed by atoms with E-state index in [-0.39, 0.29) is 5.91 Å². The van der Waals surface area contributed by atoms with Crippen LogP contribution >= 0.6 is 0 Å². The number of hydrogen-bond donors (Lipinski definition) is 2. The summed E-state index contributed by atoms with van der Waals surface area (Å²) in [6.07, 6.45) is -0.417. The van der Waals surface area contributed by atoms with Gasteiger partial charge in [-0.05, 0) is 26.6 Å². The number of urea groups is 1. The fraction of sp³-hybridized carbons (Fsp3) is 0.500. The van der Waals surface area contributed by atoms with E-state index in [0.717, 1.165) is 17.7 Å². The number of benzene rings is 1. The summed E-state index contributed by atoms with van der Waals surface area (Å²) in [5.74, 6) is 0.358. The molecule has 2 heterocycles. The average molecular weight is 358 g/mol. The van der Waals surface area contributed by atoms with E-state index in [1.165, 1.54) is 4.90 Å². The van der Waals surface area contributed by atoms with Crippen LogP contribution in [0.5, 0.6) is 0 Å². The number of guanidine groups is 1. The van der Waals surface area contributed by atoms with Crippen LogP contribution in [0, 0.1) is 6.92 Å². The van der Waals surface area contributed by atoms with Gasteiger partial charge in [0.25, 0.3) is 5.91 Å². The summed E-state index contributed by atoms with van der Waals surface area (Å²) >= 11 is 0. The van der Waals surface area contributed by atoms with Gasteiger partial charge in [-0.15, -0.1) is 0 Å². The molecule has 0 saturated carbocycles. The molecule has 8 heteroatoms. The maximum atomic E-state index is 12.5. The van der Waals surface area contributed by atoms with E-state index in [2.05, 4.69) is 26.6 Å². The Morgan fingerprint density at radius 3 is 2.73 bits per heavy atom. The number of carbonyl (C=O) groups excluding carboxylic acids is 2. The number of nitrogens with zero attached hydrogens (tertiary/aromatic N) is 4. The third-order valence-corrected chi connectivity index (χ3v) is 4.66. The number of carbonyl (C=O) groups is 2. The number of likely N-dealkylation sites (N-methyl/N-ethyl adjacent to an activating group) is 2. The normalized spacial score (nSPS) is 24.1. The van der Waals surface area contributed by atoms with Crippen molar-refractivity contribution in [2.45, 2.75) is 25.7 Å². The fourth-order valence-corrected chi connectivity index (χ4v) is 3.26. The average Bonchev–Trinajstić information content (AvgIpc) is 2.92. The molecule has 3 rings (SSSR count). The smallest absolute Gasteiger partial charge is 0.325 e. The summed E-state index contributed by atoms with van der Waals surface area (Å²) in [4.78, 5) is 34.7. The number of rotatable bonds is 5. The molecule has 2 aliphatic heterocycles. The fourth-order valence-electron chi connectivity index (χ4n) is 3.26. The molecule has 1 aromatic rings. The first-order valence-electron chi connectivity index (χ1n) is 8.72. The molecular weight excluding hydrogens is 332 g/mol. The molecule has 8 nitrogen and oxygen atoms in total. The first-order chi connectivity index (χ1) is 12.4.